The summed E-state index contributed by atoms with van der Waals surface area (Å²) in [6.45, 7) is 0. The molecule has 0 saturated carbocycles. The van der Waals surface area contributed by atoms with Crippen molar-refractivity contribution >= 4 is 15.9 Å². The molecule has 0 saturated heterocycles. The van der Waals surface area contributed by atoms with Crippen LogP contribution < -0.4 is 5.73 Å². The second kappa shape index (κ2) is 5.82. The van der Waals surface area contributed by atoms with Crippen molar-refractivity contribution in [3.63, 3.8) is 0 Å². The van der Waals surface area contributed by atoms with Crippen LogP contribution in [0.2, 0.25) is 0 Å². The van der Waals surface area contributed by atoms with Gasteiger partial charge in [-0.2, -0.15) is 13.2 Å². The molecule has 0 fully saturated rings. The molecule has 1 unspecified atom stereocenters. The Morgan fingerprint density at radius 3 is 2.41 bits per heavy atom. The van der Waals surface area contributed by atoms with Crippen molar-refractivity contribution in [1.82, 2.24) is 0 Å². The van der Waals surface area contributed by atoms with Gasteiger partial charge in [0.15, 0.2) is 0 Å². The Morgan fingerprint density at radius 2 is 1.88 bits per heavy atom. The molecule has 0 aliphatic carbocycles. The zero-order chi connectivity index (χ0) is 13.1. The minimum atomic E-state index is -4.19. The first-order chi connectivity index (χ1) is 7.76. The maximum Gasteiger partial charge on any atom is 0.389 e. The van der Waals surface area contributed by atoms with Gasteiger partial charge in [0.2, 0.25) is 0 Å². The van der Waals surface area contributed by atoms with E-state index in [-0.39, 0.29) is 12.8 Å². The van der Waals surface area contributed by atoms with Crippen molar-refractivity contribution < 1.29 is 17.6 Å². The van der Waals surface area contributed by atoms with Gasteiger partial charge in [0.05, 0.1) is 0 Å². The molecular weight excluding hydrogens is 302 g/mol. The van der Waals surface area contributed by atoms with Crippen LogP contribution in [0.4, 0.5) is 17.6 Å². The quantitative estimate of drug-likeness (QED) is 0.841. The molecule has 0 radical (unpaired) electrons. The molecular formula is C11H12BrF4N. The third-order valence-electron chi connectivity index (χ3n) is 2.22. The van der Waals surface area contributed by atoms with E-state index in [2.05, 4.69) is 15.9 Å². The average Bonchev–Trinajstić information content (AvgIpc) is 2.11. The van der Waals surface area contributed by atoms with Crippen LogP contribution in [0.1, 0.15) is 18.4 Å². The molecule has 1 atom stereocenters. The van der Waals surface area contributed by atoms with Crippen molar-refractivity contribution in [3.8, 4) is 0 Å². The topological polar surface area (TPSA) is 26.0 Å². The molecule has 6 heteroatoms. The minimum absolute atomic E-state index is 0.155. The molecule has 0 bridgehead atoms. The van der Waals surface area contributed by atoms with E-state index >= 15 is 0 Å². The van der Waals surface area contributed by atoms with Crippen molar-refractivity contribution in [3.05, 3.63) is 34.1 Å². The van der Waals surface area contributed by atoms with Crippen LogP contribution in [0.3, 0.4) is 0 Å². The van der Waals surface area contributed by atoms with E-state index in [9.17, 15) is 17.6 Å². The van der Waals surface area contributed by atoms with Gasteiger partial charge < -0.3 is 5.73 Å². The van der Waals surface area contributed by atoms with Gasteiger partial charge in [0.25, 0.3) is 0 Å². The summed E-state index contributed by atoms with van der Waals surface area (Å²) in [5, 5.41) is 0. The predicted molar refractivity (Wildman–Crippen MR) is 61.1 cm³/mol. The van der Waals surface area contributed by atoms with Crippen molar-refractivity contribution in [2.45, 2.75) is 31.5 Å². The van der Waals surface area contributed by atoms with E-state index in [1.54, 1.807) is 6.07 Å². The fraction of sp³-hybridized carbons (Fsp3) is 0.455. The van der Waals surface area contributed by atoms with Crippen LogP contribution in [0.25, 0.3) is 0 Å². The van der Waals surface area contributed by atoms with Gasteiger partial charge in [-0.1, -0.05) is 15.9 Å². The average molecular weight is 314 g/mol. The highest BCUT2D eigenvalue weighted by Crippen LogP contribution is 2.23. The van der Waals surface area contributed by atoms with E-state index < -0.39 is 24.5 Å². The van der Waals surface area contributed by atoms with Crippen LogP contribution >= 0.6 is 15.9 Å². The highest BCUT2D eigenvalue weighted by molar-refractivity contribution is 9.10. The van der Waals surface area contributed by atoms with Crippen LogP contribution in [-0.4, -0.2) is 12.2 Å². The van der Waals surface area contributed by atoms with Crippen LogP contribution in [0.15, 0.2) is 22.7 Å². The number of benzene rings is 1. The number of alkyl halides is 3. The molecule has 1 aromatic carbocycles. The number of halogens is 5. The zero-order valence-corrected chi connectivity index (χ0v) is 10.5. The summed E-state index contributed by atoms with van der Waals surface area (Å²) in [5.41, 5.74) is 6.16. The Morgan fingerprint density at radius 1 is 1.24 bits per heavy atom. The van der Waals surface area contributed by atoms with E-state index in [0.717, 1.165) is 0 Å². The predicted octanol–water partition coefficient (Wildman–Crippen LogP) is 3.80. The number of nitrogens with two attached hydrogens (primary N) is 1. The molecule has 0 amide bonds. The van der Waals surface area contributed by atoms with Gasteiger partial charge in [0.1, 0.15) is 5.82 Å². The van der Waals surface area contributed by atoms with E-state index in [4.69, 9.17) is 5.73 Å². The maximum atomic E-state index is 13.0. The second-order valence-electron chi connectivity index (χ2n) is 3.90. The molecule has 0 aromatic heterocycles. The lowest BCUT2D eigenvalue weighted by atomic mass is 10.0. The summed E-state index contributed by atoms with van der Waals surface area (Å²) >= 11 is 3.11. The largest absolute Gasteiger partial charge is 0.389 e. The summed E-state index contributed by atoms with van der Waals surface area (Å²) in [5.74, 6) is -0.433. The molecule has 0 heterocycles. The van der Waals surface area contributed by atoms with Gasteiger partial charge in [-0.3, -0.25) is 0 Å². The molecule has 1 rings (SSSR count). The van der Waals surface area contributed by atoms with Crippen LogP contribution in [-0.2, 0) is 6.42 Å². The first-order valence-corrected chi connectivity index (χ1v) is 5.83. The minimum Gasteiger partial charge on any atom is -0.327 e. The van der Waals surface area contributed by atoms with Crippen LogP contribution in [0.5, 0.6) is 0 Å². The van der Waals surface area contributed by atoms with Gasteiger partial charge in [-0.05, 0) is 36.6 Å². The van der Waals surface area contributed by atoms with Gasteiger partial charge in [0, 0.05) is 16.9 Å². The maximum absolute atomic E-state index is 13.0. The molecule has 2 N–H and O–H groups in total. The Hall–Kier alpha value is -0.620. The molecule has 0 spiro atoms. The van der Waals surface area contributed by atoms with Crippen molar-refractivity contribution in [2.75, 3.05) is 0 Å². The third-order valence-corrected chi connectivity index (χ3v) is 2.68. The number of hydrogen-bond donors (Lipinski definition) is 1. The lowest BCUT2D eigenvalue weighted by molar-refractivity contribution is -0.136. The van der Waals surface area contributed by atoms with Crippen LogP contribution in [0, 0.1) is 5.82 Å². The summed E-state index contributed by atoms with van der Waals surface area (Å²) in [4.78, 5) is 0. The molecule has 1 nitrogen and oxygen atoms in total. The molecule has 0 aliphatic rings. The zero-order valence-electron chi connectivity index (χ0n) is 8.90. The van der Waals surface area contributed by atoms with E-state index in [1.807, 2.05) is 0 Å². The number of hydrogen-bond acceptors (Lipinski definition) is 1. The third kappa shape index (κ3) is 6.02. The van der Waals surface area contributed by atoms with E-state index in [0.29, 0.717) is 10.0 Å². The first kappa shape index (κ1) is 14.4. The second-order valence-corrected chi connectivity index (χ2v) is 4.81. The summed E-state index contributed by atoms with van der Waals surface area (Å²) in [6.07, 6.45) is -5.03. The van der Waals surface area contributed by atoms with Crippen molar-refractivity contribution in [1.29, 1.82) is 0 Å². The Balaban J connectivity index is 2.53. The van der Waals surface area contributed by atoms with Gasteiger partial charge in [-0.15, -0.1) is 0 Å². The normalized spacial score (nSPS) is 13.8. The van der Waals surface area contributed by atoms with Crippen molar-refractivity contribution in [2.24, 2.45) is 5.73 Å². The Bertz CT molecular complexity index is 358. The van der Waals surface area contributed by atoms with Gasteiger partial charge in [-0.25, -0.2) is 4.39 Å². The monoisotopic (exact) mass is 313 g/mol. The Labute approximate surface area is 105 Å². The first-order valence-electron chi connectivity index (χ1n) is 5.03. The molecule has 17 heavy (non-hydrogen) atoms. The molecule has 1 aromatic rings. The van der Waals surface area contributed by atoms with E-state index in [1.165, 1.54) is 12.1 Å². The highest BCUT2D eigenvalue weighted by atomic mass is 79.9. The van der Waals surface area contributed by atoms with Gasteiger partial charge >= 0.3 is 6.18 Å². The standard InChI is InChI=1S/C11H12BrF4N/c12-8-3-7(4-9(13)6-8)5-10(17)1-2-11(14,15)16/h3-4,6,10H,1-2,5,17H2. The fourth-order valence-corrected chi connectivity index (χ4v) is 2.00. The number of rotatable bonds is 4. The lowest BCUT2D eigenvalue weighted by Crippen LogP contribution is -2.25. The molecule has 0 aliphatic heterocycles. The fourth-order valence-electron chi connectivity index (χ4n) is 1.48. The Kier molecular flexibility index (Phi) is 4.94. The SMILES string of the molecule is NC(CCC(F)(F)F)Cc1cc(F)cc(Br)c1. The summed E-state index contributed by atoms with van der Waals surface area (Å²) < 4.78 is 49.4. The smallest absolute Gasteiger partial charge is 0.327 e. The molecule has 96 valence electrons. The lowest BCUT2D eigenvalue weighted by Gasteiger charge is -2.13. The summed E-state index contributed by atoms with van der Waals surface area (Å²) in [7, 11) is 0. The summed E-state index contributed by atoms with van der Waals surface area (Å²) in [6, 6.07) is 3.59. The highest BCUT2D eigenvalue weighted by Gasteiger charge is 2.27.